The van der Waals surface area contributed by atoms with Crippen molar-refractivity contribution in [3.8, 4) is 0 Å². The topological polar surface area (TPSA) is 83.4 Å². The summed E-state index contributed by atoms with van der Waals surface area (Å²) in [7, 11) is 0. The molecule has 174 valence electrons. The third kappa shape index (κ3) is 4.83. The van der Waals surface area contributed by atoms with E-state index in [1.54, 1.807) is 11.5 Å². The second-order valence-corrected chi connectivity index (χ2v) is 8.82. The van der Waals surface area contributed by atoms with Crippen molar-refractivity contribution < 1.29 is 19.1 Å². The molecule has 4 rings (SSSR count). The zero-order chi connectivity index (χ0) is 23.5. The number of carbonyl (C=O) groups excluding carboxylic acids is 1. The molecular formula is C25H27ClFN3O3. The molecule has 0 saturated carbocycles. The quantitative estimate of drug-likeness (QED) is 0.459. The number of nitrogens with one attached hydrogen (secondary N) is 2. The summed E-state index contributed by atoms with van der Waals surface area (Å²) in [6, 6.07) is 11.4. The molecule has 2 aromatic carbocycles. The lowest BCUT2D eigenvalue weighted by molar-refractivity contribution is -0.140. The number of carboxylic acid groups (broad SMARTS) is 1. The van der Waals surface area contributed by atoms with Crippen LogP contribution in [0.1, 0.15) is 42.6 Å². The minimum atomic E-state index is -0.948. The Balaban J connectivity index is 1.53. The predicted octanol–water partition coefficient (Wildman–Crippen LogP) is 4.87. The van der Waals surface area contributed by atoms with Crippen LogP contribution in [0.5, 0.6) is 0 Å². The Morgan fingerprint density at radius 3 is 2.73 bits per heavy atom. The first-order valence-corrected chi connectivity index (χ1v) is 11.6. The van der Waals surface area contributed by atoms with Crippen molar-refractivity contribution in [2.75, 3.05) is 6.54 Å². The number of rotatable bonds is 7. The summed E-state index contributed by atoms with van der Waals surface area (Å²) in [6.07, 6.45) is 2.83. The minimum absolute atomic E-state index is 0.139. The fourth-order valence-corrected chi connectivity index (χ4v) is 5.07. The molecule has 1 aromatic heterocycles. The fourth-order valence-electron chi connectivity index (χ4n) is 4.77. The van der Waals surface area contributed by atoms with Gasteiger partial charge in [-0.15, -0.1) is 0 Å². The third-order valence-electron chi connectivity index (χ3n) is 6.27. The van der Waals surface area contributed by atoms with E-state index in [2.05, 4.69) is 10.6 Å². The van der Waals surface area contributed by atoms with Crippen LogP contribution in [0.4, 0.5) is 9.18 Å². The van der Waals surface area contributed by atoms with E-state index in [4.69, 9.17) is 11.6 Å². The van der Waals surface area contributed by atoms with E-state index in [0.717, 1.165) is 23.2 Å². The molecule has 2 amide bonds. The molecule has 1 heterocycles. The lowest BCUT2D eigenvalue weighted by Crippen LogP contribution is -2.45. The molecule has 0 radical (unpaired) electrons. The molecule has 0 aliphatic heterocycles. The highest BCUT2D eigenvalue weighted by molar-refractivity contribution is 6.35. The Hall–Kier alpha value is -3.06. The van der Waals surface area contributed by atoms with Crippen molar-refractivity contribution >= 4 is 34.5 Å². The Morgan fingerprint density at radius 1 is 1.27 bits per heavy atom. The lowest BCUT2D eigenvalue weighted by Gasteiger charge is -2.26. The first kappa shape index (κ1) is 23.1. The smallest absolute Gasteiger partial charge is 0.326 e. The van der Waals surface area contributed by atoms with Crippen LogP contribution < -0.4 is 10.6 Å². The first-order valence-electron chi connectivity index (χ1n) is 11.2. The molecule has 3 N–H and O–H groups in total. The van der Waals surface area contributed by atoms with Gasteiger partial charge in [-0.2, -0.15) is 0 Å². The second kappa shape index (κ2) is 9.83. The SMILES string of the molecule is CCC(C(=O)O)n1c2c(c3cc(F)cc(Cl)c31)C[C@@H](NC(=O)NCCc1ccccc1)CC2. The number of benzene rings is 2. The maximum Gasteiger partial charge on any atom is 0.326 e. The molecule has 3 aromatic rings. The highest BCUT2D eigenvalue weighted by Crippen LogP contribution is 2.39. The number of hydrogen-bond acceptors (Lipinski definition) is 2. The highest BCUT2D eigenvalue weighted by Gasteiger charge is 2.32. The molecule has 8 heteroatoms. The first-order chi connectivity index (χ1) is 15.9. The largest absolute Gasteiger partial charge is 0.480 e. The van der Waals surface area contributed by atoms with Gasteiger partial charge in [-0.25, -0.2) is 14.0 Å². The summed E-state index contributed by atoms with van der Waals surface area (Å²) in [5.74, 6) is -1.42. The van der Waals surface area contributed by atoms with Gasteiger partial charge in [0.2, 0.25) is 0 Å². The van der Waals surface area contributed by atoms with E-state index in [1.165, 1.54) is 12.1 Å². The Labute approximate surface area is 196 Å². The molecule has 0 saturated heterocycles. The van der Waals surface area contributed by atoms with Gasteiger partial charge in [0.05, 0.1) is 10.5 Å². The van der Waals surface area contributed by atoms with Crippen LogP contribution in [0.2, 0.25) is 5.02 Å². The number of fused-ring (bicyclic) bond motifs is 3. The van der Waals surface area contributed by atoms with Gasteiger partial charge in [0.15, 0.2) is 0 Å². The van der Waals surface area contributed by atoms with Crippen molar-refractivity contribution in [3.63, 3.8) is 0 Å². The van der Waals surface area contributed by atoms with Crippen LogP contribution >= 0.6 is 11.6 Å². The van der Waals surface area contributed by atoms with E-state index in [-0.39, 0.29) is 17.1 Å². The monoisotopic (exact) mass is 471 g/mol. The van der Waals surface area contributed by atoms with E-state index < -0.39 is 17.8 Å². The number of aliphatic carboxylic acids is 1. The third-order valence-corrected chi connectivity index (χ3v) is 6.56. The Morgan fingerprint density at radius 2 is 2.03 bits per heavy atom. The Kier molecular flexibility index (Phi) is 6.88. The molecule has 1 aliphatic carbocycles. The zero-order valence-electron chi connectivity index (χ0n) is 18.4. The highest BCUT2D eigenvalue weighted by atomic mass is 35.5. The van der Waals surface area contributed by atoms with E-state index in [9.17, 15) is 19.1 Å². The van der Waals surface area contributed by atoms with Crippen molar-refractivity contribution in [1.82, 2.24) is 15.2 Å². The summed E-state index contributed by atoms with van der Waals surface area (Å²) in [5, 5.41) is 16.5. The zero-order valence-corrected chi connectivity index (χ0v) is 19.2. The van der Waals surface area contributed by atoms with Crippen molar-refractivity contribution in [3.05, 3.63) is 70.1 Å². The van der Waals surface area contributed by atoms with Crippen LogP contribution in [-0.2, 0) is 24.1 Å². The number of amides is 2. The maximum absolute atomic E-state index is 14.2. The number of carboxylic acids is 1. The molecule has 1 unspecified atom stereocenters. The van der Waals surface area contributed by atoms with Crippen LogP contribution in [0.25, 0.3) is 10.9 Å². The average Bonchev–Trinajstić information content (AvgIpc) is 3.09. The number of nitrogens with zero attached hydrogens (tertiary/aromatic N) is 1. The summed E-state index contributed by atoms with van der Waals surface area (Å²) in [4.78, 5) is 24.4. The van der Waals surface area contributed by atoms with Gasteiger partial charge in [-0.3, -0.25) is 0 Å². The molecule has 0 fully saturated rings. The average molecular weight is 472 g/mol. The number of hydrogen-bond donors (Lipinski definition) is 3. The van der Waals surface area contributed by atoms with Crippen LogP contribution in [0.3, 0.4) is 0 Å². The normalized spacial score (nSPS) is 16.3. The van der Waals surface area contributed by atoms with Crippen LogP contribution in [-0.4, -0.2) is 34.3 Å². The summed E-state index contributed by atoms with van der Waals surface area (Å²) in [6.45, 7) is 2.33. The molecule has 1 aliphatic rings. The molecule has 33 heavy (non-hydrogen) atoms. The van der Waals surface area contributed by atoms with Crippen LogP contribution in [0.15, 0.2) is 42.5 Å². The minimum Gasteiger partial charge on any atom is -0.480 e. The lowest BCUT2D eigenvalue weighted by atomic mass is 9.91. The van der Waals surface area contributed by atoms with Gasteiger partial charge in [0.25, 0.3) is 0 Å². The van der Waals surface area contributed by atoms with Crippen molar-refractivity contribution in [1.29, 1.82) is 0 Å². The van der Waals surface area contributed by atoms with Crippen molar-refractivity contribution in [2.24, 2.45) is 0 Å². The van der Waals surface area contributed by atoms with Gasteiger partial charge in [0.1, 0.15) is 11.9 Å². The summed E-state index contributed by atoms with van der Waals surface area (Å²) < 4.78 is 16.0. The van der Waals surface area contributed by atoms with E-state index in [1.807, 2.05) is 30.3 Å². The number of aromatic nitrogens is 1. The van der Waals surface area contributed by atoms with Gasteiger partial charge in [-0.05, 0) is 55.4 Å². The number of urea groups is 1. The predicted molar refractivity (Wildman–Crippen MR) is 126 cm³/mol. The maximum atomic E-state index is 14.2. The van der Waals surface area contributed by atoms with E-state index >= 15 is 0 Å². The fraction of sp³-hybridized carbons (Fsp3) is 0.360. The molecular weight excluding hydrogens is 445 g/mol. The van der Waals surface area contributed by atoms with Crippen molar-refractivity contribution in [2.45, 2.75) is 51.1 Å². The molecule has 2 atom stereocenters. The van der Waals surface area contributed by atoms with Gasteiger partial charge >= 0.3 is 12.0 Å². The molecule has 0 bridgehead atoms. The standard InChI is InChI=1S/C25H27ClFN3O3/c1-2-21(24(31)32)30-22-9-8-17(14-18(22)19-12-16(27)13-20(26)23(19)30)29-25(33)28-11-10-15-6-4-3-5-7-15/h3-7,12-13,17,21H,2,8-11,14H2,1H3,(H,31,32)(H2,28,29,33)/t17-,21?/m0/s1. The molecule has 0 spiro atoms. The van der Waals surface area contributed by atoms with Crippen LogP contribution in [0, 0.1) is 5.82 Å². The van der Waals surface area contributed by atoms with Gasteiger partial charge < -0.3 is 20.3 Å². The number of carbonyl (C=O) groups is 2. The van der Waals surface area contributed by atoms with E-state index in [0.29, 0.717) is 43.1 Å². The molecule has 6 nitrogen and oxygen atoms in total. The summed E-state index contributed by atoms with van der Waals surface area (Å²) >= 11 is 6.39. The van der Waals surface area contributed by atoms with Gasteiger partial charge in [-0.1, -0.05) is 48.9 Å². The summed E-state index contributed by atoms with van der Waals surface area (Å²) in [5.41, 5.74) is 3.40. The number of halogens is 2. The Bertz CT molecular complexity index is 1180. The van der Waals surface area contributed by atoms with Gasteiger partial charge in [0, 0.05) is 23.7 Å². The second-order valence-electron chi connectivity index (χ2n) is 8.42.